The molecule has 0 saturated carbocycles. The van der Waals surface area contributed by atoms with Crippen LogP contribution >= 0.6 is 27.3 Å². The number of nitrogens with zero attached hydrogens (tertiary/aromatic N) is 2. The van der Waals surface area contributed by atoms with Crippen molar-refractivity contribution in [3.05, 3.63) is 39.9 Å². The Morgan fingerprint density at radius 2 is 2.09 bits per heavy atom. The van der Waals surface area contributed by atoms with Crippen molar-refractivity contribution in [2.24, 2.45) is 5.92 Å². The Labute approximate surface area is 148 Å². The first kappa shape index (κ1) is 15.3. The van der Waals surface area contributed by atoms with E-state index in [4.69, 9.17) is 0 Å². The number of aromatic nitrogens is 1. The molecule has 4 nitrogen and oxygen atoms in total. The summed E-state index contributed by atoms with van der Waals surface area (Å²) in [4.78, 5) is 20.3. The van der Waals surface area contributed by atoms with E-state index in [0.717, 1.165) is 21.5 Å². The van der Waals surface area contributed by atoms with Gasteiger partial charge < -0.3 is 10.2 Å². The summed E-state index contributed by atoms with van der Waals surface area (Å²) >= 11 is 5.00. The lowest BCUT2D eigenvalue weighted by molar-refractivity contribution is 0.0620. The zero-order valence-electron chi connectivity index (χ0n) is 12.7. The van der Waals surface area contributed by atoms with Crippen LogP contribution in [0, 0.1) is 5.92 Å². The van der Waals surface area contributed by atoms with Gasteiger partial charge in [0.1, 0.15) is 0 Å². The molecule has 1 aromatic carbocycles. The van der Waals surface area contributed by atoms with Gasteiger partial charge in [-0.1, -0.05) is 34.1 Å². The van der Waals surface area contributed by atoms with Crippen LogP contribution in [0.5, 0.6) is 0 Å². The van der Waals surface area contributed by atoms with Gasteiger partial charge in [-0.25, -0.2) is 4.98 Å². The Morgan fingerprint density at radius 3 is 2.78 bits per heavy atom. The third-order valence-corrected chi connectivity index (χ3v) is 6.53. The smallest absolute Gasteiger partial charge is 0.280 e. The third kappa shape index (κ3) is 3.07. The molecule has 0 radical (unpaired) electrons. The highest BCUT2D eigenvalue weighted by molar-refractivity contribution is 9.10. The van der Waals surface area contributed by atoms with Gasteiger partial charge in [0.25, 0.3) is 5.91 Å². The molecule has 1 aromatic heterocycles. The third-order valence-electron chi connectivity index (χ3n) is 4.81. The molecule has 1 atom stereocenters. The molecule has 6 heteroatoms. The molecule has 3 fully saturated rings. The minimum Gasteiger partial charge on any atom is -0.346 e. The number of fused-ring (bicyclic) bond motifs is 3. The molecule has 120 valence electrons. The van der Waals surface area contributed by atoms with E-state index in [1.807, 2.05) is 24.3 Å². The topological polar surface area (TPSA) is 45.2 Å². The van der Waals surface area contributed by atoms with Crippen LogP contribution in [0.25, 0.3) is 10.4 Å². The van der Waals surface area contributed by atoms with Gasteiger partial charge in [0.2, 0.25) is 0 Å². The molecule has 0 spiro atoms. The molecule has 5 rings (SSSR count). The van der Waals surface area contributed by atoms with E-state index in [1.165, 1.54) is 37.3 Å². The van der Waals surface area contributed by atoms with E-state index in [-0.39, 0.29) is 11.9 Å². The van der Waals surface area contributed by atoms with E-state index in [0.29, 0.717) is 10.9 Å². The monoisotopic (exact) mass is 391 g/mol. The van der Waals surface area contributed by atoms with Crippen molar-refractivity contribution < 1.29 is 4.79 Å². The predicted molar refractivity (Wildman–Crippen MR) is 95.7 cm³/mol. The Morgan fingerprint density at radius 1 is 1.30 bits per heavy atom. The lowest BCUT2D eigenvalue weighted by Gasteiger charge is -2.44. The van der Waals surface area contributed by atoms with Crippen LogP contribution in [-0.4, -0.2) is 41.5 Å². The van der Waals surface area contributed by atoms with Crippen molar-refractivity contribution >= 4 is 33.2 Å². The van der Waals surface area contributed by atoms with Crippen molar-refractivity contribution in [1.82, 2.24) is 15.2 Å². The number of rotatable bonds is 3. The summed E-state index contributed by atoms with van der Waals surface area (Å²) in [6, 6.07) is 8.29. The Kier molecular flexibility index (Phi) is 4.22. The highest BCUT2D eigenvalue weighted by Gasteiger charge is 2.35. The molecule has 3 saturated heterocycles. The molecular formula is C17H18BrN3OS. The number of halogens is 1. The van der Waals surface area contributed by atoms with E-state index in [2.05, 4.69) is 31.1 Å². The standard InChI is InChI=1S/C17H18BrN3OS/c18-13-4-2-1-3-12(13)15-9-19-17(23-15)16(22)20-14-10-21-7-5-11(14)6-8-21/h1-4,9,11,14H,5-8,10H2,(H,20,22)/t14-/m0/s1. The van der Waals surface area contributed by atoms with Crippen LogP contribution in [0.1, 0.15) is 22.6 Å². The van der Waals surface area contributed by atoms with Crippen molar-refractivity contribution in [3.8, 4) is 10.4 Å². The molecular weight excluding hydrogens is 374 g/mol. The van der Waals surface area contributed by atoms with E-state index < -0.39 is 0 Å². The van der Waals surface area contributed by atoms with Crippen molar-refractivity contribution in [1.29, 1.82) is 0 Å². The highest BCUT2D eigenvalue weighted by atomic mass is 79.9. The van der Waals surface area contributed by atoms with Crippen LogP contribution in [0.15, 0.2) is 34.9 Å². The molecule has 0 aliphatic carbocycles. The summed E-state index contributed by atoms with van der Waals surface area (Å²) in [5.74, 6) is 0.596. The van der Waals surface area contributed by atoms with Crippen LogP contribution in [0.3, 0.4) is 0 Å². The predicted octanol–water partition coefficient (Wildman–Crippen LogP) is 3.40. The Balaban J connectivity index is 1.48. The van der Waals surface area contributed by atoms with Gasteiger partial charge in [-0.2, -0.15) is 0 Å². The summed E-state index contributed by atoms with van der Waals surface area (Å²) in [6.07, 6.45) is 4.19. The largest absolute Gasteiger partial charge is 0.346 e. The highest BCUT2D eigenvalue weighted by Crippen LogP contribution is 2.32. The molecule has 4 heterocycles. The summed E-state index contributed by atoms with van der Waals surface area (Å²) < 4.78 is 1.02. The van der Waals surface area contributed by atoms with Gasteiger partial charge in [-0.15, -0.1) is 11.3 Å². The number of hydrogen-bond acceptors (Lipinski definition) is 4. The number of amides is 1. The number of carbonyl (C=O) groups excluding carboxylic acids is 1. The summed E-state index contributed by atoms with van der Waals surface area (Å²) in [7, 11) is 0. The maximum atomic E-state index is 12.5. The fraction of sp³-hybridized carbons (Fsp3) is 0.412. The molecule has 1 amide bonds. The number of hydrogen-bond donors (Lipinski definition) is 1. The van der Waals surface area contributed by atoms with Gasteiger partial charge in [0, 0.05) is 28.8 Å². The Hall–Kier alpha value is -1.24. The number of nitrogens with one attached hydrogen (secondary N) is 1. The van der Waals surface area contributed by atoms with E-state index in [9.17, 15) is 4.79 Å². The zero-order chi connectivity index (χ0) is 15.8. The number of thiazole rings is 1. The first-order valence-electron chi connectivity index (χ1n) is 7.94. The second-order valence-corrected chi connectivity index (χ2v) is 8.11. The first-order chi connectivity index (χ1) is 11.2. The van der Waals surface area contributed by atoms with Crippen LogP contribution in [-0.2, 0) is 0 Å². The van der Waals surface area contributed by atoms with Gasteiger partial charge in [-0.3, -0.25) is 4.79 Å². The maximum Gasteiger partial charge on any atom is 0.280 e. The lowest BCUT2D eigenvalue weighted by atomic mass is 9.84. The van der Waals surface area contributed by atoms with Gasteiger partial charge in [0.15, 0.2) is 5.01 Å². The summed E-state index contributed by atoms with van der Waals surface area (Å²) in [5, 5.41) is 3.75. The molecule has 3 aliphatic heterocycles. The minimum atomic E-state index is -0.0351. The van der Waals surface area contributed by atoms with Crippen LogP contribution in [0.4, 0.5) is 0 Å². The molecule has 23 heavy (non-hydrogen) atoms. The zero-order valence-corrected chi connectivity index (χ0v) is 15.1. The SMILES string of the molecule is O=C(N[C@H]1CN2CCC1CC2)c1ncc(-c2ccccc2Br)s1. The average molecular weight is 392 g/mol. The van der Waals surface area contributed by atoms with Crippen LogP contribution in [0.2, 0.25) is 0 Å². The van der Waals surface area contributed by atoms with Crippen molar-refractivity contribution in [3.63, 3.8) is 0 Å². The quantitative estimate of drug-likeness (QED) is 0.871. The molecule has 2 aromatic rings. The second-order valence-electron chi connectivity index (χ2n) is 6.23. The van der Waals surface area contributed by atoms with E-state index in [1.54, 1.807) is 6.20 Å². The minimum absolute atomic E-state index is 0.0351. The Bertz CT molecular complexity index is 724. The van der Waals surface area contributed by atoms with Crippen molar-refractivity contribution in [2.45, 2.75) is 18.9 Å². The van der Waals surface area contributed by atoms with Gasteiger partial charge in [-0.05, 0) is 37.9 Å². The number of piperidine rings is 3. The second kappa shape index (κ2) is 6.34. The number of benzene rings is 1. The summed E-state index contributed by atoms with van der Waals surface area (Å²) in [6.45, 7) is 3.35. The van der Waals surface area contributed by atoms with Crippen LogP contribution < -0.4 is 5.32 Å². The molecule has 1 N–H and O–H groups in total. The molecule has 3 aliphatic rings. The average Bonchev–Trinajstić information content (AvgIpc) is 3.06. The summed E-state index contributed by atoms with van der Waals surface area (Å²) in [5.41, 5.74) is 1.08. The maximum absolute atomic E-state index is 12.5. The van der Waals surface area contributed by atoms with E-state index >= 15 is 0 Å². The van der Waals surface area contributed by atoms with Gasteiger partial charge >= 0.3 is 0 Å². The number of carbonyl (C=O) groups is 1. The van der Waals surface area contributed by atoms with Crippen molar-refractivity contribution in [2.75, 3.05) is 19.6 Å². The molecule has 0 unspecified atom stereocenters. The normalized spacial score (nSPS) is 26.2. The molecule has 2 bridgehead atoms. The van der Waals surface area contributed by atoms with Gasteiger partial charge in [0.05, 0.1) is 4.88 Å². The lowest BCUT2D eigenvalue weighted by Crippen LogP contribution is -2.57. The first-order valence-corrected chi connectivity index (χ1v) is 9.55. The fourth-order valence-corrected chi connectivity index (χ4v) is 5.01. The fourth-order valence-electron chi connectivity index (χ4n) is 3.52.